The number of halogens is 1. The van der Waals surface area contributed by atoms with Crippen molar-refractivity contribution >= 4 is 35.1 Å². The quantitative estimate of drug-likeness (QED) is 0.765. The molecule has 1 aromatic carbocycles. The number of carbonyl (C=O) groups is 3. The second kappa shape index (κ2) is 9.35. The number of primary amides is 1. The van der Waals surface area contributed by atoms with Gasteiger partial charge >= 0.3 is 6.03 Å². The fourth-order valence-corrected chi connectivity index (χ4v) is 4.02. The van der Waals surface area contributed by atoms with Gasteiger partial charge in [-0.05, 0) is 38.0 Å². The van der Waals surface area contributed by atoms with Crippen molar-refractivity contribution in [3.05, 3.63) is 29.3 Å². The molecular weight excluding hydrogens is 394 g/mol. The summed E-state index contributed by atoms with van der Waals surface area (Å²) in [6.07, 6.45) is 1.15. The highest BCUT2D eigenvalue weighted by Gasteiger charge is 2.30. The van der Waals surface area contributed by atoms with Gasteiger partial charge < -0.3 is 25.8 Å². The Kier molecular flexibility index (Phi) is 6.84. The Labute approximate surface area is 175 Å². The monoisotopic (exact) mass is 421 g/mol. The molecule has 2 aliphatic heterocycles. The zero-order valence-electron chi connectivity index (χ0n) is 16.6. The van der Waals surface area contributed by atoms with Crippen LogP contribution >= 0.6 is 11.6 Å². The molecule has 3 rings (SSSR count). The standard InChI is InChI=1S/C20H28ClN5O3/c1-14(19(28)25-7-5-15(6-8-25)18(22)27)23-20(29)26-11-9-24(10-12-26)17-4-2-3-16(21)13-17/h2-4,13-15H,5-12H2,1H3,(H2,22,27)(H,23,29)/t14-/m0/s1. The van der Waals surface area contributed by atoms with E-state index in [-0.39, 0.29) is 23.8 Å². The number of benzene rings is 1. The van der Waals surface area contributed by atoms with Crippen molar-refractivity contribution in [1.29, 1.82) is 0 Å². The summed E-state index contributed by atoms with van der Waals surface area (Å²) in [6, 6.07) is 6.82. The molecule has 2 saturated heterocycles. The Balaban J connectivity index is 1.45. The SMILES string of the molecule is C[C@H](NC(=O)N1CCN(c2cccc(Cl)c2)CC1)C(=O)N1CCC(C(N)=O)CC1. The maximum atomic E-state index is 12.6. The zero-order chi connectivity index (χ0) is 21.0. The molecule has 0 aliphatic carbocycles. The van der Waals surface area contributed by atoms with Gasteiger partial charge in [0.05, 0.1) is 0 Å². The molecule has 3 N–H and O–H groups in total. The number of piperidine rings is 1. The van der Waals surface area contributed by atoms with E-state index in [0.29, 0.717) is 57.1 Å². The largest absolute Gasteiger partial charge is 0.369 e. The van der Waals surface area contributed by atoms with E-state index in [1.807, 2.05) is 24.3 Å². The number of piperazine rings is 1. The van der Waals surface area contributed by atoms with Crippen LogP contribution in [0.4, 0.5) is 10.5 Å². The summed E-state index contributed by atoms with van der Waals surface area (Å²) < 4.78 is 0. The Bertz CT molecular complexity index is 758. The van der Waals surface area contributed by atoms with E-state index < -0.39 is 6.04 Å². The van der Waals surface area contributed by atoms with Gasteiger partial charge in [-0.2, -0.15) is 0 Å². The number of rotatable bonds is 4. The number of likely N-dealkylation sites (tertiary alicyclic amines) is 1. The third-order valence-corrected chi connectivity index (χ3v) is 5.89. The fraction of sp³-hybridized carbons (Fsp3) is 0.550. The van der Waals surface area contributed by atoms with E-state index in [9.17, 15) is 14.4 Å². The molecular formula is C20H28ClN5O3. The highest BCUT2D eigenvalue weighted by molar-refractivity contribution is 6.30. The molecule has 2 fully saturated rings. The van der Waals surface area contributed by atoms with Gasteiger partial charge in [0.1, 0.15) is 6.04 Å². The van der Waals surface area contributed by atoms with Crippen molar-refractivity contribution in [3.8, 4) is 0 Å². The number of nitrogens with one attached hydrogen (secondary N) is 1. The maximum Gasteiger partial charge on any atom is 0.318 e. The number of amides is 4. The average Bonchev–Trinajstić information content (AvgIpc) is 2.73. The lowest BCUT2D eigenvalue weighted by atomic mass is 9.96. The van der Waals surface area contributed by atoms with Crippen LogP contribution in [0.2, 0.25) is 5.02 Å². The van der Waals surface area contributed by atoms with Crippen molar-refractivity contribution in [1.82, 2.24) is 15.1 Å². The maximum absolute atomic E-state index is 12.6. The van der Waals surface area contributed by atoms with Gasteiger partial charge in [0.2, 0.25) is 11.8 Å². The molecule has 2 heterocycles. The van der Waals surface area contributed by atoms with Crippen molar-refractivity contribution in [2.45, 2.75) is 25.8 Å². The molecule has 1 atom stereocenters. The molecule has 0 aromatic heterocycles. The Morgan fingerprint density at radius 2 is 1.72 bits per heavy atom. The number of hydrogen-bond donors (Lipinski definition) is 2. The third-order valence-electron chi connectivity index (χ3n) is 5.66. The molecule has 0 radical (unpaired) electrons. The summed E-state index contributed by atoms with van der Waals surface area (Å²) >= 11 is 6.06. The Hall–Kier alpha value is -2.48. The number of nitrogens with two attached hydrogens (primary N) is 1. The molecule has 29 heavy (non-hydrogen) atoms. The second-order valence-electron chi connectivity index (χ2n) is 7.63. The van der Waals surface area contributed by atoms with Gasteiger partial charge in [-0.15, -0.1) is 0 Å². The fourth-order valence-electron chi connectivity index (χ4n) is 3.84. The minimum absolute atomic E-state index is 0.126. The van der Waals surface area contributed by atoms with Crippen molar-refractivity contribution in [3.63, 3.8) is 0 Å². The summed E-state index contributed by atoms with van der Waals surface area (Å²) in [6.45, 7) is 5.23. The van der Waals surface area contributed by atoms with Crippen LogP contribution in [-0.2, 0) is 9.59 Å². The molecule has 0 saturated carbocycles. The van der Waals surface area contributed by atoms with Gasteiger partial charge in [-0.25, -0.2) is 4.79 Å². The van der Waals surface area contributed by atoms with Crippen LogP contribution in [0.1, 0.15) is 19.8 Å². The van der Waals surface area contributed by atoms with Crippen LogP contribution in [0.3, 0.4) is 0 Å². The smallest absolute Gasteiger partial charge is 0.318 e. The number of urea groups is 1. The van der Waals surface area contributed by atoms with E-state index in [1.165, 1.54) is 0 Å². The lowest BCUT2D eigenvalue weighted by molar-refractivity contribution is -0.136. The number of carbonyl (C=O) groups excluding carboxylic acids is 3. The van der Waals surface area contributed by atoms with E-state index >= 15 is 0 Å². The predicted molar refractivity (Wildman–Crippen MR) is 112 cm³/mol. The first-order chi connectivity index (χ1) is 13.8. The first-order valence-corrected chi connectivity index (χ1v) is 10.4. The van der Waals surface area contributed by atoms with Crippen LogP contribution in [0.5, 0.6) is 0 Å². The number of hydrogen-bond acceptors (Lipinski definition) is 4. The number of nitrogens with zero attached hydrogens (tertiary/aromatic N) is 3. The summed E-state index contributed by atoms with van der Waals surface area (Å²) in [5, 5.41) is 3.50. The minimum atomic E-state index is -0.612. The van der Waals surface area contributed by atoms with Crippen molar-refractivity contribution in [2.75, 3.05) is 44.2 Å². The average molecular weight is 422 g/mol. The van der Waals surface area contributed by atoms with E-state index in [0.717, 1.165) is 5.69 Å². The van der Waals surface area contributed by atoms with Gasteiger partial charge in [0.15, 0.2) is 0 Å². The summed E-state index contributed by atoms with van der Waals surface area (Å²) in [7, 11) is 0. The minimum Gasteiger partial charge on any atom is -0.369 e. The molecule has 8 nitrogen and oxygen atoms in total. The summed E-state index contributed by atoms with van der Waals surface area (Å²) in [5.41, 5.74) is 6.38. The molecule has 0 unspecified atom stereocenters. The lowest BCUT2D eigenvalue weighted by Gasteiger charge is -2.37. The van der Waals surface area contributed by atoms with Crippen LogP contribution < -0.4 is 16.0 Å². The van der Waals surface area contributed by atoms with Crippen molar-refractivity contribution in [2.24, 2.45) is 11.7 Å². The van der Waals surface area contributed by atoms with Crippen LogP contribution in [0, 0.1) is 5.92 Å². The van der Waals surface area contributed by atoms with Gasteiger partial charge in [0, 0.05) is 55.9 Å². The Morgan fingerprint density at radius 1 is 1.07 bits per heavy atom. The summed E-state index contributed by atoms with van der Waals surface area (Å²) in [5.74, 6) is -0.603. The molecule has 1 aromatic rings. The molecule has 0 bridgehead atoms. The van der Waals surface area contributed by atoms with Gasteiger partial charge in [0.25, 0.3) is 0 Å². The first kappa shape index (κ1) is 21.2. The van der Waals surface area contributed by atoms with E-state index in [2.05, 4.69) is 10.2 Å². The van der Waals surface area contributed by atoms with Gasteiger partial charge in [-0.3, -0.25) is 9.59 Å². The molecule has 9 heteroatoms. The molecule has 0 spiro atoms. The predicted octanol–water partition coefficient (Wildman–Crippen LogP) is 1.28. The zero-order valence-corrected chi connectivity index (χ0v) is 17.4. The van der Waals surface area contributed by atoms with Crippen LogP contribution in [-0.4, -0.2) is 73.0 Å². The molecule has 4 amide bonds. The van der Waals surface area contributed by atoms with Crippen LogP contribution in [0.15, 0.2) is 24.3 Å². The molecule has 158 valence electrons. The molecule has 2 aliphatic rings. The summed E-state index contributed by atoms with van der Waals surface area (Å²) in [4.78, 5) is 42.1. The highest BCUT2D eigenvalue weighted by atomic mass is 35.5. The van der Waals surface area contributed by atoms with Crippen LogP contribution in [0.25, 0.3) is 0 Å². The van der Waals surface area contributed by atoms with E-state index in [1.54, 1.807) is 16.7 Å². The Morgan fingerprint density at radius 3 is 2.31 bits per heavy atom. The first-order valence-electron chi connectivity index (χ1n) is 9.99. The number of anilines is 1. The third kappa shape index (κ3) is 5.32. The normalized spacial score (nSPS) is 19.0. The highest BCUT2D eigenvalue weighted by Crippen LogP contribution is 2.21. The van der Waals surface area contributed by atoms with Crippen molar-refractivity contribution < 1.29 is 14.4 Å². The lowest BCUT2D eigenvalue weighted by Crippen LogP contribution is -2.56. The van der Waals surface area contributed by atoms with Gasteiger partial charge in [-0.1, -0.05) is 17.7 Å². The second-order valence-corrected chi connectivity index (χ2v) is 8.06. The topological polar surface area (TPSA) is 99.0 Å². The van der Waals surface area contributed by atoms with E-state index in [4.69, 9.17) is 17.3 Å².